The van der Waals surface area contributed by atoms with E-state index in [4.69, 9.17) is 5.73 Å². The average molecular weight is 330 g/mol. The van der Waals surface area contributed by atoms with Crippen molar-refractivity contribution in [3.63, 3.8) is 0 Å². The third-order valence-electron chi connectivity index (χ3n) is 4.36. The minimum atomic E-state index is -0.100. The SMILES string of the molecule is NCCCN1C(=O)C2=NN=C(c3ccccc3)C2=C1c1ccccc1. The summed E-state index contributed by atoms with van der Waals surface area (Å²) in [5.41, 5.74) is 10.5. The van der Waals surface area contributed by atoms with Crippen molar-refractivity contribution in [1.82, 2.24) is 4.90 Å². The van der Waals surface area contributed by atoms with Crippen molar-refractivity contribution in [2.24, 2.45) is 15.9 Å². The predicted molar refractivity (Wildman–Crippen MR) is 99.2 cm³/mol. The van der Waals surface area contributed by atoms with Gasteiger partial charge in [-0.3, -0.25) is 4.79 Å². The smallest absolute Gasteiger partial charge is 0.279 e. The van der Waals surface area contributed by atoms with Gasteiger partial charge in [0.2, 0.25) is 0 Å². The van der Waals surface area contributed by atoms with Crippen LogP contribution in [0.2, 0.25) is 0 Å². The van der Waals surface area contributed by atoms with E-state index in [0.717, 1.165) is 34.5 Å². The fourth-order valence-electron chi connectivity index (χ4n) is 3.21. The molecule has 0 spiro atoms. The first-order valence-electron chi connectivity index (χ1n) is 8.34. The van der Waals surface area contributed by atoms with Crippen LogP contribution in [-0.4, -0.2) is 35.3 Å². The van der Waals surface area contributed by atoms with E-state index in [9.17, 15) is 4.79 Å². The van der Waals surface area contributed by atoms with Crippen LogP contribution in [-0.2, 0) is 4.79 Å². The standard InChI is InChI=1S/C20H18N4O/c21-12-7-13-24-19(15-10-5-2-6-11-15)16-17(14-8-3-1-4-9-14)22-23-18(16)20(24)25/h1-6,8-11H,7,12-13,21H2. The molecule has 0 radical (unpaired) electrons. The summed E-state index contributed by atoms with van der Waals surface area (Å²) in [7, 11) is 0. The van der Waals surface area contributed by atoms with E-state index in [2.05, 4.69) is 10.2 Å². The number of nitrogens with zero attached hydrogens (tertiary/aromatic N) is 3. The molecule has 2 aromatic carbocycles. The lowest BCUT2D eigenvalue weighted by molar-refractivity contribution is -0.120. The van der Waals surface area contributed by atoms with E-state index >= 15 is 0 Å². The van der Waals surface area contributed by atoms with E-state index < -0.39 is 0 Å². The molecule has 0 saturated carbocycles. The highest BCUT2D eigenvalue weighted by Crippen LogP contribution is 2.35. The maximum absolute atomic E-state index is 12.9. The molecule has 2 aliphatic rings. The summed E-state index contributed by atoms with van der Waals surface area (Å²) in [6.07, 6.45) is 0.737. The van der Waals surface area contributed by atoms with Crippen molar-refractivity contribution >= 4 is 23.0 Å². The zero-order valence-corrected chi connectivity index (χ0v) is 13.7. The fraction of sp³-hybridized carbons (Fsp3) is 0.150. The van der Waals surface area contributed by atoms with Gasteiger partial charge in [0.15, 0.2) is 5.71 Å². The summed E-state index contributed by atoms with van der Waals surface area (Å²) in [4.78, 5) is 14.7. The number of nitrogens with two attached hydrogens (primary N) is 1. The number of fused-ring (bicyclic) bond motifs is 1. The Morgan fingerprint density at radius 1 is 0.840 bits per heavy atom. The monoisotopic (exact) mass is 330 g/mol. The highest BCUT2D eigenvalue weighted by molar-refractivity contribution is 6.60. The molecular formula is C20H18N4O. The number of amides is 1. The van der Waals surface area contributed by atoms with Gasteiger partial charge in [-0.15, -0.1) is 10.2 Å². The Hall–Kier alpha value is -3.05. The first-order chi connectivity index (χ1) is 12.3. The molecular weight excluding hydrogens is 312 g/mol. The first-order valence-corrected chi connectivity index (χ1v) is 8.34. The number of rotatable bonds is 5. The van der Waals surface area contributed by atoms with Crippen molar-refractivity contribution in [3.8, 4) is 0 Å². The molecule has 2 N–H and O–H groups in total. The van der Waals surface area contributed by atoms with Crippen LogP contribution < -0.4 is 5.73 Å². The molecule has 0 aromatic heterocycles. The molecule has 0 aliphatic carbocycles. The molecule has 4 rings (SSSR count). The van der Waals surface area contributed by atoms with Gasteiger partial charge in [0, 0.05) is 12.1 Å². The molecule has 0 atom stereocenters. The molecule has 2 heterocycles. The maximum atomic E-state index is 12.9. The van der Waals surface area contributed by atoms with Gasteiger partial charge in [0.1, 0.15) is 5.71 Å². The Morgan fingerprint density at radius 3 is 2.08 bits per heavy atom. The lowest BCUT2D eigenvalue weighted by atomic mass is 9.97. The van der Waals surface area contributed by atoms with E-state index in [-0.39, 0.29) is 5.91 Å². The second-order valence-corrected chi connectivity index (χ2v) is 5.95. The normalized spacial score (nSPS) is 16.2. The van der Waals surface area contributed by atoms with Crippen LogP contribution >= 0.6 is 0 Å². The first kappa shape index (κ1) is 15.5. The van der Waals surface area contributed by atoms with Crippen LogP contribution in [0.25, 0.3) is 5.70 Å². The third kappa shape index (κ3) is 2.58. The average Bonchev–Trinajstić information content (AvgIpc) is 3.21. The number of carbonyl (C=O) groups excluding carboxylic acids is 1. The lowest BCUT2D eigenvalue weighted by Crippen LogP contribution is -2.30. The van der Waals surface area contributed by atoms with Crippen molar-refractivity contribution in [3.05, 3.63) is 77.4 Å². The largest absolute Gasteiger partial charge is 0.330 e. The van der Waals surface area contributed by atoms with Gasteiger partial charge in [0.25, 0.3) is 5.91 Å². The lowest BCUT2D eigenvalue weighted by Gasteiger charge is -2.20. The van der Waals surface area contributed by atoms with E-state index in [0.29, 0.717) is 18.8 Å². The number of hydrogen-bond donors (Lipinski definition) is 1. The van der Waals surface area contributed by atoms with Crippen LogP contribution in [0.15, 0.2) is 76.4 Å². The summed E-state index contributed by atoms with van der Waals surface area (Å²) < 4.78 is 0. The van der Waals surface area contributed by atoms with Gasteiger partial charge in [-0.25, -0.2) is 0 Å². The van der Waals surface area contributed by atoms with E-state index in [1.54, 1.807) is 4.90 Å². The third-order valence-corrected chi connectivity index (χ3v) is 4.36. The highest BCUT2D eigenvalue weighted by Gasteiger charge is 2.41. The van der Waals surface area contributed by atoms with Crippen LogP contribution in [0, 0.1) is 0 Å². The maximum Gasteiger partial charge on any atom is 0.279 e. The molecule has 0 saturated heterocycles. The molecule has 124 valence electrons. The zero-order chi connectivity index (χ0) is 17.2. The van der Waals surface area contributed by atoms with Crippen molar-refractivity contribution in [2.75, 3.05) is 13.1 Å². The van der Waals surface area contributed by atoms with Gasteiger partial charge in [-0.1, -0.05) is 60.7 Å². The second kappa shape index (κ2) is 6.45. The summed E-state index contributed by atoms with van der Waals surface area (Å²) in [5.74, 6) is -0.100. The predicted octanol–water partition coefficient (Wildman–Crippen LogP) is 2.45. The number of carbonyl (C=O) groups is 1. The van der Waals surface area contributed by atoms with Crippen LogP contribution in [0.4, 0.5) is 0 Å². The Balaban J connectivity index is 1.87. The minimum absolute atomic E-state index is 0.100. The molecule has 0 unspecified atom stereocenters. The summed E-state index contributed by atoms with van der Waals surface area (Å²) >= 11 is 0. The fourth-order valence-corrected chi connectivity index (χ4v) is 3.21. The Labute approximate surface area is 146 Å². The Bertz CT molecular complexity index is 898. The van der Waals surface area contributed by atoms with E-state index in [1.165, 1.54) is 0 Å². The topological polar surface area (TPSA) is 71.0 Å². The molecule has 2 aromatic rings. The molecule has 1 amide bonds. The molecule has 0 bridgehead atoms. The summed E-state index contributed by atoms with van der Waals surface area (Å²) in [6.45, 7) is 1.11. The van der Waals surface area contributed by atoms with Gasteiger partial charge in [-0.2, -0.15) is 0 Å². The van der Waals surface area contributed by atoms with Gasteiger partial charge in [-0.05, 0) is 18.5 Å². The van der Waals surface area contributed by atoms with Crippen molar-refractivity contribution in [1.29, 1.82) is 0 Å². The second-order valence-electron chi connectivity index (χ2n) is 5.95. The Kier molecular flexibility index (Phi) is 3.99. The molecule has 2 aliphatic heterocycles. The van der Waals surface area contributed by atoms with Gasteiger partial charge >= 0.3 is 0 Å². The van der Waals surface area contributed by atoms with Crippen molar-refractivity contribution in [2.45, 2.75) is 6.42 Å². The summed E-state index contributed by atoms with van der Waals surface area (Å²) in [6, 6.07) is 19.8. The van der Waals surface area contributed by atoms with Gasteiger partial charge < -0.3 is 10.6 Å². The number of hydrogen-bond acceptors (Lipinski definition) is 4. The molecule has 5 nitrogen and oxygen atoms in total. The molecule has 5 heteroatoms. The van der Waals surface area contributed by atoms with Crippen molar-refractivity contribution < 1.29 is 4.79 Å². The summed E-state index contributed by atoms with van der Waals surface area (Å²) in [5, 5.41) is 8.50. The quantitative estimate of drug-likeness (QED) is 0.915. The highest BCUT2D eigenvalue weighted by atomic mass is 16.2. The zero-order valence-electron chi connectivity index (χ0n) is 13.7. The van der Waals surface area contributed by atoms with Crippen LogP contribution in [0.5, 0.6) is 0 Å². The Morgan fingerprint density at radius 2 is 1.44 bits per heavy atom. The molecule has 0 fully saturated rings. The van der Waals surface area contributed by atoms with Gasteiger partial charge in [0.05, 0.1) is 11.3 Å². The van der Waals surface area contributed by atoms with E-state index in [1.807, 2.05) is 60.7 Å². The van der Waals surface area contributed by atoms with Crippen LogP contribution in [0.3, 0.4) is 0 Å². The minimum Gasteiger partial charge on any atom is -0.330 e. The van der Waals surface area contributed by atoms with Crippen LogP contribution in [0.1, 0.15) is 17.5 Å². The molecule has 25 heavy (non-hydrogen) atoms. The number of benzene rings is 2.